The minimum Gasteiger partial charge on any atom is -0.463 e. The molecule has 0 saturated heterocycles. The molecule has 0 amide bonds. The van der Waals surface area contributed by atoms with E-state index >= 15 is 0 Å². The van der Waals surface area contributed by atoms with Crippen molar-refractivity contribution in [3.63, 3.8) is 0 Å². The maximum absolute atomic E-state index is 13.8. The Balaban J connectivity index is 1.57. The first-order valence-corrected chi connectivity index (χ1v) is 10.4. The van der Waals surface area contributed by atoms with Crippen LogP contribution in [0.2, 0.25) is 0 Å². The summed E-state index contributed by atoms with van der Waals surface area (Å²) in [5.41, 5.74) is -0.562. The summed E-state index contributed by atoms with van der Waals surface area (Å²) in [5, 5.41) is 11.3. The Morgan fingerprint density at radius 3 is 2.40 bits per heavy atom. The molecule has 0 heterocycles. The SMILES string of the molecule is CN(CCCOC(=O)C(O)(c1ccccc1)C1CCC(F)(F)C1)Cc1ccccc1. The van der Waals surface area contributed by atoms with E-state index in [0.29, 0.717) is 18.5 Å². The van der Waals surface area contributed by atoms with Crippen LogP contribution in [0.4, 0.5) is 8.78 Å². The van der Waals surface area contributed by atoms with Gasteiger partial charge in [-0.3, -0.25) is 0 Å². The van der Waals surface area contributed by atoms with Crippen molar-refractivity contribution in [2.24, 2.45) is 5.92 Å². The van der Waals surface area contributed by atoms with Crippen LogP contribution in [0.25, 0.3) is 0 Å². The van der Waals surface area contributed by atoms with E-state index < -0.39 is 29.8 Å². The number of benzene rings is 2. The Morgan fingerprint density at radius 1 is 1.17 bits per heavy atom. The van der Waals surface area contributed by atoms with E-state index in [1.54, 1.807) is 30.3 Å². The van der Waals surface area contributed by atoms with Gasteiger partial charge in [-0.2, -0.15) is 0 Å². The molecule has 2 unspecified atom stereocenters. The van der Waals surface area contributed by atoms with Gasteiger partial charge in [-0.15, -0.1) is 0 Å². The first kappa shape index (κ1) is 22.4. The number of nitrogens with zero attached hydrogens (tertiary/aromatic N) is 1. The molecule has 0 spiro atoms. The Hall–Kier alpha value is -2.31. The zero-order valence-electron chi connectivity index (χ0n) is 17.3. The first-order chi connectivity index (χ1) is 14.3. The fourth-order valence-corrected chi connectivity index (χ4v) is 4.10. The molecule has 0 radical (unpaired) electrons. The van der Waals surface area contributed by atoms with Crippen LogP contribution in [0.1, 0.15) is 36.8 Å². The van der Waals surface area contributed by atoms with Gasteiger partial charge in [0.05, 0.1) is 6.61 Å². The number of rotatable bonds is 9. The van der Waals surface area contributed by atoms with E-state index in [1.807, 2.05) is 37.4 Å². The molecule has 30 heavy (non-hydrogen) atoms. The number of carbonyl (C=O) groups excluding carboxylic acids is 1. The molecule has 1 aliphatic rings. The summed E-state index contributed by atoms with van der Waals surface area (Å²) in [6.45, 7) is 1.60. The number of carbonyl (C=O) groups is 1. The highest BCUT2D eigenvalue weighted by atomic mass is 19.3. The number of halogens is 2. The zero-order valence-corrected chi connectivity index (χ0v) is 17.3. The molecule has 1 aliphatic carbocycles. The van der Waals surface area contributed by atoms with E-state index in [1.165, 1.54) is 5.56 Å². The monoisotopic (exact) mass is 417 g/mol. The van der Waals surface area contributed by atoms with Gasteiger partial charge in [-0.1, -0.05) is 60.7 Å². The highest BCUT2D eigenvalue weighted by Crippen LogP contribution is 2.47. The Bertz CT molecular complexity index is 816. The van der Waals surface area contributed by atoms with Gasteiger partial charge in [0.1, 0.15) is 0 Å². The van der Waals surface area contributed by atoms with E-state index in [2.05, 4.69) is 4.90 Å². The van der Waals surface area contributed by atoms with Gasteiger partial charge in [0, 0.05) is 31.8 Å². The number of hydrogen-bond acceptors (Lipinski definition) is 4. The molecule has 2 atom stereocenters. The van der Waals surface area contributed by atoms with Crippen molar-refractivity contribution in [3.05, 3.63) is 71.8 Å². The lowest BCUT2D eigenvalue weighted by molar-refractivity contribution is -0.175. The standard InChI is InChI=1S/C24H29F2NO3/c1-27(18-19-9-4-2-5-10-19)15-8-16-30-22(28)24(29,20-11-6-3-7-12-20)21-13-14-23(25,26)17-21/h2-7,9-12,21,29H,8,13-18H2,1H3. The molecular weight excluding hydrogens is 388 g/mol. The van der Waals surface area contributed by atoms with Gasteiger partial charge in [0.25, 0.3) is 0 Å². The van der Waals surface area contributed by atoms with Crippen LogP contribution in [-0.4, -0.2) is 42.1 Å². The molecule has 1 saturated carbocycles. The fraction of sp³-hybridized carbons (Fsp3) is 0.458. The molecule has 1 N–H and O–H groups in total. The third-order valence-electron chi connectivity index (χ3n) is 5.73. The van der Waals surface area contributed by atoms with Gasteiger partial charge in [0.2, 0.25) is 5.92 Å². The second-order valence-electron chi connectivity index (χ2n) is 8.14. The van der Waals surface area contributed by atoms with Gasteiger partial charge >= 0.3 is 5.97 Å². The quantitative estimate of drug-likeness (QED) is 0.486. The van der Waals surface area contributed by atoms with Crippen LogP contribution in [0.5, 0.6) is 0 Å². The van der Waals surface area contributed by atoms with Gasteiger partial charge in [-0.05, 0) is 31.0 Å². The van der Waals surface area contributed by atoms with E-state index in [0.717, 1.165) is 6.54 Å². The molecule has 3 rings (SSSR count). The molecular formula is C24H29F2NO3. The van der Waals surface area contributed by atoms with Gasteiger partial charge in [-0.25, -0.2) is 13.6 Å². The first-order valence-electron chi connectivity index (χ1n) is 10.4. The third-order valence-corrected chi connectivity index (χ3v) is 5.73. The largest absolute Gasteiger partial charge is 0.463 e. The molecule has 6 heteroatoms. The van der Waals surface area contributed by atoms with Crippen molar-refractivity contribution in [2.45, 2.75) is 43.8 Å². The third kappa shape index (κ3) is 5.43. The Morgan fingerprint density at radius 2 is 1.80 bits per heavy atom. The normalized spacial score (nSPS) is 20.1. The van der Waals surface area contributed by atoms with Crippen molar-refractivity contribution >= 4 is 5.97 Å². The summed E-state index contributed by atoms with van der Waals surface area (Å²) in [6.07, 6.45) is -0.189. The highest BCUT2D eigenvalue weighted by molar-refractivity contribution is 5.81. The number of aliphatic hydroxyl groups is 1. The summed E-state index contributed by atoms with van der Waals surface area (Å²) in [4.78, 5) is 15.0. The molecule has 0 aliphatic heterocycles. The average Bonchev–Trinajstić information content (AvgIpc) is 3.12. The Kier molecular flexibility index (Phi) is 7.21. The summed E-state index contributed by atoms with van der Waals surface area (Å²) >= 11 is 0. The lowest BCUT2D eigenvalue weighted by Crippen LogP contribution is -2.44. The smallest absolute Gasteiger partial charge is 0.343 e. The molecule has 0 aromatic heterocycles. The summed E-state index contributed by atoms with van der Waals surface area (Å²) < 4.78 is 33.0. The van der Waals surface area contributed by atoms with E-state index in [-0.39, 0.29) is 19.4 Å². The minimum atomic E-state index is -2.87. The second kappa shape index (κ2) is 9.67. The number of ether oxygens (including phenoxy) is 1. The van der Waals surface area contributed by atoms with Crippen LogP contribution >= 0.6 is 0 Å². The highest BCUT2D eigenvalue weighted by Gasteiger charge is 2.54. The molecule has 1 fully saturated rings. The predicted molar refractivity (Wildman–Crippen MR) is 111 cm³/mol. The summed E-state index contributed by atoms with van der Waals surface area (Å²) in [6, 6.07) is 18.3. The number of alkyl halides is 2. The maximum atomic E-state index is 13.8. The van der Waals surface area contributed by atoms with E-state index in [4.69, 9.17) is 4.74 Å². The Labute approximate surface area is 176 Å². The van der Waals surface area contributed by atoms with Crippen LogP contribution in [0, 0.1) is 5.92 Å². The van der Waals surface area contributed by atoms with Gasteiger partial charge < -0.3 is 14.7 Å². The van der Waals surface area contributed by atoms with E-state index in [9.17, 15) is 18.7 Å². The van der Waals surface area contributed by atoms with Crippen LogP contribution in [0.15, 0.2) is 60.7 Å². The predicted octanol–water partition coefficient (Wildman–Crippen LogP) is 4.37. The second-order valence-corrected chi connectivity index (χ2v) is 8.14. The summed E-state index contributed by atoms with van der Waals surface area (Å²) in [5.74, 6) is -4.58. The van der Waals surface area contributed by atoms with Crippen molar-refractivity contribution in [1.82, 2.24) is 4.90 Å². The lowest BCUT2D eigenvalue weighted by Gasteiger charge is -2.32. The number of hydrogen-bond donors (Lipinski definition) is 1. The lowest BCUT2D eigenvalue weighted by atomic mass is 9.80. The van der Waals surface area contributed by atoms with Crippen molar-refractivity contribution in [1.29, 1.82) is 0 Å². The van der Waals surface area contributed by atoms with Gasteiger partial charge in [0.15, 0.2) is 5.60 Å². The van der Waals surface area contributed by atoms with Crippen LogP contribution in [-0.2, 0) is 21.7 Å². The molecule has 2 aromatic carbocycles. The van der Waals surface area contributed by atoms with Crippen molar-refractivity contribution in [2.75, 3.05) is 20.2 Å². The fourth-order valence-electron chi connectivity index (χ4n) is 4.10. The average molecular weight is 417 g/mol. The van der Waals surface area contributed by atoms with Crippen molar-refractivity contribution < 1.29 is 23.4 Å². The topological polar surface area (TPSA) is 49.8 Å². The molecule has 2 aromatic rings. The molecule has 4 nitrogen and oxygen atoms in total. The summed E-state index contributed by atoms with van der Waals surface area (Å²) in [7, 11) is 1.98. The maximum Gasteiger partial charge on any atom is 0.343 e. The van der Waals surface area contributed by atoms with Crippen LogP contribution in [0.3, 0.4) is 0 Å². The van der Waals surface area contributed by atoms with Crippen molar-refractivity contribution in [3.8, 4) is 0 Å². The zero-order chi connectivity index (χ0) is 21.6. The molecule has 0 bridgehead atoms. The molecule has 162 valence electrons. The number of esters is 1. The van der Waals surface area contributed by atoms with Crippen LogP contribution < -0.4 is 0 Å². The minimum absolute atomic E-state index is 0.0767.